The van der Waals surface area contributed by atoms with Crippen molar-refractivity contribution in [1.82, 2.24) is 10.2 Å². The van der Waals surface area contributed by atoms with E-state index >= 15 is 0 Å². The van der Waals surface area contributed by atoms with Crippen LogP contribution in [0.25, 0.3) is 0 Å². The molecule has 1 aromatic carbocycles. The summed E-state index contributed by atoms with van der Waals surface area (Å²) < 4.78 is 5.79. The minimum atomic E-state index is -0.418. The molecule has 2 fully saturated rings. The molecular weight excluding hydrogens is 356 g/mol. The van der Waals surface area contributed by atoms with Gasteiger partial charge in [0.15, 0.2) is 0 Å². The molecule has 0 bridgehead atoms. The van der Waals surface area contributed by atoms with E-state index in [0.717, 1.165) is 24.8 Å². The van der Waals surface area contributed by atoms with Gasteiger partial charge in [-0.1, -0.05) is 43.5 Å². The Balaban J connectivity index is 1.47. The maximum atomic E-state index is 12.6. The number of nitrogens with one attached hydrogen (secondary N) is 2. The maximum absolute atomic E-state index is 12.6. The molecule has 152 valence electrons. The molecule has 7 heteroatoms. The molecule has 0 aromatic heterocycles. The van der Waals surface area contributed by atoms with Gasteiger partial charge in [0, 0.05) is 18.7 Å². The first-order valence-corrected chi connectivity index (χ1v) is 10.2. The lowest BCUT2D eigenvalue weighted by Gasteiger charge is -2.26. The first-order valence-electron chi connectivity index (χ1n) is 10.2. The molecule has 1 aliphatic heterocycles. The van der Waals surface area contributed by atoms with Crippen LogP contribution in [-0.4, -0.2) is 47.8 Å². The summed E-state index contributed by atoms with van der Waals surface area (Å²) in [4.78, 5) is 26.8. The van der Waals surface area contributed by atoms with Crippen molar-refractivity contribution in [3.63, 3.8) is 0 Å². The standard InChI is InChI=1S/C21H30N4O3/c22-20(23)16-10-8-15(9-11-16)13-24-21(27)18-7-4-12-25(18)19(26)14-28-17-5-2-1-3-6-17/h8-11,17-18H,1-7,12-14H2,(H3,22,23)(H,24,27)/t18-/m0/s1. The number of benzene rings is 1. The van der Waals surface area contributed by atoms with Crippen LogP contribution >= 0.6 is 0 Å². The van der Waals surface area contributed by atoms with E-state index < -0.39 is 6.04 Å². The van der Waals surface area contributed by atoms with Gasteiger partial charge in [0.2, 0.25) is 11.8 Å². The number of likely N-dealkylation sites (tertiary alicyclic amines) is 1. The molecule has 1 saturated heterocycles. The Hall–Kier alpha value is -2.41. The highest BCUT2D eigenvalue weighted by molar-refractivity contribution is 5.94. The maximum Gasteiger partial charge on any atom is 0.249 e. The fourth-order valence-corrected chi connectivity index (χ4v) is 3.95. The predicted octanol–water partition coefficient (Wildman–Crippen LogP) is 1.93. The molecule has 7 nitrogen and oxygen atoms in total. The van der Waals surface area contributed by atoms with Crippen LogP contribution in [0, 0.1) is 5.41 Å². The number of carbonyl (C=O) groups is 2. The molecule has 0 spiro atoms. The molecule has 0 unspecified atom stereocenters. The molecule has 2 amide bonds. The number of rotatable bonds is 7. The van der Waals surface area contributed by atoms with Crippen LogP contribution in [0.3, 0.4) is 0 Å². The van der Waals surface area contributed by atoms with Gasteiger partial charge in [-0.15, -0.1) is 0 Å². The van der Waals surface area contributed by atoms with Gasteiger partial charge in [-0.2, -0.15) is 0 Å². The third-order valence-electron chi connectivity index (χ3n) is 5.60. The van der Waals surface area contributed by atoms with Gasteiger partial charge in [-0.05, 0) is 31.2 Å². The molecule has 1 aromatic rings. The highest BCUT2D eigenvalue weighted by Crippen LogP contribution is 2.22. The summed E-state index contributed by atoms with van der Waals surface area (Å²) in [6, 6.07) is 6.79. The summed E-state index contributed by atoms with van der Waals surface area (Å²) in [6.45, 7) is 1.06. The number of carbonyl (C=O) groups excluding carboxylic acids is 2. The van der Waals surface area contributed by atoms with Crippen LogP contribution in [0.5, 0.6) is 0 Å². The Morgan fingerprint density at radius 3 is 2.50 bits per heavy atom. The van der Waals surface area contributed by atoms with E-state index in [1.165, 1.54) is 19.3 Å². The second kappa shape index (κ2) is 9.68. The second-order valence-corrected chi connectivity index (χ2v) is 7.64. The van der Waals surface area contributed by atoms with E-state index in [0.29, 0.717) is 25.1 Å². The number of amidine groups is 1. The van der Waals surface area contributed by atoms with Crippen LogP contribution in [0.15, 0.2) is 24.3 Å². The Morgan fingerprint density at radius 1 is 1.11 bits per heavy atom. The lowest BCUT2D eigenvalue weighted by Crippen LogP contribution is -2.47. The number of nitrogen functional groups attached to an aromatic ring is 1. The Labute approximate surface area is 166 Å². The molecule has 1 atom stereocenters. The van der Waals surface area contributed by atoms with Crippen molar-refractivity contribution in [3.8, 4) is 0 Å². The van der Waals surface area contributed by atoms with Crippen molar-refractivity contribution in [2.45, 2.75) is 63.6 Å². The zero-order chi connectivity index (χ0) is 19.9. The van der Waals surface area contributed by atoms with Gasteiger partial charge in [-0.25, -0.2) is 0 Å². The van der Waals surface area contributed by atoms with Crippen molar-refractivity contribution in [2.75, 3.05) is 13.2 Å². The number of nitrogens with zero attached hydrogens (tertiary/aromatic N) is 1. The average molecular weight is 386 g/mol. The minimum absolute atomic E-state index is 0.0196. The summed E-state index contributed by atoms with van der Waals surface area (Å²) in [7, 11) is 0. The number of hydrogen-bond donors (Lipinski definition) is 3. The number of hydrogen-bond acceptors (Lipinski definition) is 4. The van der Waals surface area contributed by atoms with Crippen LogP contribution in [-0.2, 0) is 20.9 Å². The molecule has 1 aliphatic carbocycles. The Bertz CT molecular complexity index is 698. The zero-order valence-electron chi connectivity index (χ0n) is 16.3. The lowest BCUT2D eigenvalue weighted by atomic mass is 9.98. The smallest absolute Gasteiger partial charge is 0.249 e. The molecule has 1 saturated carbocycles. The minimum Gasteiger partial charge on any atom is -0.384 e. The van der Waals surface area contributed by atoms with E-state index in [1.807, 2.05) is 12.1 Å². The van der Waals surface area contributed by atoms with E-state index in [1.54, 1.807) is 17.0 Å². The largest absolute Gasteiger partial charge is 0.384 e. The van der Waals surface area contributed by atoms with E-state index in [2.05, 4.69) is 5.32 Å². The Kier molecular flexibility index (Phi) is 7.03. The normalized spacial score (nSPS) is 20.1. The topological polar surface area (TPSA) is 109 Å². The molecule has 4 N–H and O–H groups in total. The van der Waals surface area contributed by atoms with E-state index in [4.69, 9.17) is 15.9 Å². The lowest BCUT2D eigenvalue weighted by molar-refractivity contribution is -0.144. The second-order valence-electron chi connectivity index (χ2n) is 7.64. The van der Waals surface area contributed by atoms with Crippen molar-refractivity contribution < 1.29 is 14.3 Å². The van der Waals surface area contributed by atoms with Gasteiger partial charge < -0.3 is 20.7 Å². The third-order valence-corrected chi connectivity index (χ3v) is 5.60. The van der Waals surface area contributed by atoms with Gasteiger partial charge in [0.1, 0.15) is 18.5 Å². The fraction of sp³-hybridized carbons (Fsp3) is 0.571. The number of amides is 2. The summed E-state index contributed by atoms with van der Waals surface area (Å²) in [5.74, 6) is -0.195. The molecule has 3 rings (SSSR count). The van der Waals surface area contributed by atoms with Gasteiger partial charge in [-0.3, -0.25) is 15.0 Å². The van der Waals surface area contributed by atoms with Gasteiger partial charge in [0.05, 0.1) is 6.10 Å². The zero-order valence-corrected chi connectivity index (χ0v) is 16.3. The summed E-state index contributed by atoms with van der Waals surface area (Å²) in [6.07, 6.45) is 7.34. The van der Waals surface area contributed by atoms with Crippen molar-refractivity contribution in [1.29, 1.82) is 5.41 Å². The molecule has 1 heterocycles. The average Bonchev–Trinajstić information content (AvgIpc) is 3.21. The predicted molar refractivity (Wildman–Crippen MR) is 107 cm³/mol. The van der Waals surface area contributed by atoms with Crippen molar-refractivity contribution >= 4 is 17.6 Å². The van der Waals surface area contributed by atoms with Crippen molar-refractivity contribution in [3.05, 3.63) is 35.4 Å². The molecule has 2 aliphatic rings. The number of nitrogens with two attached hydrogens (primary N) is 1. The Morgan fingerprint density at radius 2 is 1.82 bits per heavy atom. The van der Waals surface area contributed by atoms with Crippen LogP contribution in [0.4, 0.5) is 0 Å². The SMILES string of the molecule is N=C(N)c1ccc(CNC(=O)[C@@H]2CCCN2C(=O)COC2CCCCC2)cc1. The van der Waals surface area contributed by atoms with E-state index in [-0.39, 0.29) is 30.4 Å². The van der Waals surface area contributed by atoms with Crippen LogP contribution in [0.2, 0.25) is 0 Å². The summed E-state index contributed by atoms with van der Waals surface area (Å²) >= 11 is 0. The quantitative estimate of drug-likeness (QED) is 0.491. The van der Waals surface area contributed by atoms with E-state index in [9.17, 15) is 9.59 Å². The third kappa shape index (κ3) is 5.32. The summed E-state index contributed by atoms with van der Waals surface area (Å²) in [5.41, 5.74) is 7.03. The fourth-order valence-electron chi connectivity index (χ4n) is 3.95. The molecular formula is C21H30N4O3. The van der Waals surface area contributed by atoms with Crippen LogP contribution in [0.1, 0.15) is 56.1 Å². The molecule has 0 radical (unpaired) electrons. The molecule has 28 heavy (non-hydrogen) atoms. The summed E-state index contributed by atoms with van der Waals surface area (Å²) in [5, 5.41) is 10.3. The first kappa shape index (κ1) is 20.3. The monoisotopic (exact) mass is 386 g/mol. The van der Waals surface area contributed by atoms with Crippen LogP contribution < -0.4 is 11.1 Å². The highest BCUT2D eigenvalue weighted by atomic mass is 16.5. The number of ether oxygens (including phenoxy) is 1. The van der Waals surface area contributed by atoms with Gasteiger partial charge in [0.25, 0.3) is 0 Å². The first-order chi connectivity index (χ1) is 13.5. The van der Waals surface area contributed by atoms with Gasteiger partial charge >= 0.3 is 0 Å². The highest BCUT2D eigenvalue weighted by Gasteiger charge is 2.34. The van der Waals surface area contributed by atoms with Crippen molar-refractivity contribution in [2.24, 2.45) is 5.73 Å².